The maximum Gasteiger partial charge on any atom is 0.124 e. The molecule has 0 spiro atoms. The Kier molecular flexibility index (Phi) is 4.75. The number of rotatable bonds is 5. The highest BCUT2D eigenvalue weighted by atomic mass is 19.1. The molecule has 1 aliphatic rings. The number of benzene rings is 1. The number of aliphatic hydroxyl groups is 1. The van der Waals surface area contributed by atoms with E-state index in [4.69, 9.17) is 5.26 Å². The fraction of sp³-hybridized carbons (Fsp3) is 0.533. The van der Waals surface area contributed by atoms with Crippen LogP contribution in [0.2, 0.25) is 0 Å². The summed E-state index contributed by atoms with van der Waals surface area (Å²) in [6, 6.07) is 6.00. The van der Waals surface area contributed by atoms with E-state index in [2.05, 4.69) is 5.32 Å². The van der Waals surface area contributed by atoms with Gasteiger partial charge in [0.15, 0.2) is 0 Å². The van der Waals surface area contributed by atoms with Crippen LogP contribution in [0.25, 0.3) is 0 Å². The molecule has 1 aromatic carbocycles. The molecule has 0 saturated heterocycles. The third-order valence-corrected chi connectivity index (χ3v) is 3.71. The second-order valence-corrected chi connectivity index (χ2v) is 5.22. The van der Waals surface area contributed by atoms with Crippen LogP contribution in [0.3, 0.4) is 0 Å². The fourth-order valence-electron chi connectivity index (χ4n) is 2.71. The molecule has 0 heterocycles. The lowest BCUT2D eigenvalue weighted by molar-refractivity contribution is 0.155. The van der Waals surface area contributed by atoms with Gasteiger partial charge in [-0.1, -0.05) is 25.7 Å². The number of nitriles is 1. The van der Waals surface area contributed by atoms with Gasteiger partial charge in [0.25, 0.3) is 0 Å². The highest BCUT2D eigenvalue weighted by Gasteiger charge is 2.18. The van der Waals surface area contributed by atoms with Crippen molar-refractivity contribution in [2.45, 2.75) is 38.2 Å². The van der Waals surface area contributed by atoms with Crippen molar-refractivity contribution in [3.63, 3.8) is 0 Å². The zero-order valence-electron chi connectivity index (χ0n) is 10.9. The molecule has 0 bridgehead atoms. The van der Waals surface area contributed by atoms with E-state index in [1.54, 1.807) is 0 Å². The fourth-order valence-corrected chi connectivity index (χ4v) is 2.71. The highest BCUT2D eigenvalue weighted by Crippen LogP contribution is 2.28. The van der Waals surface area contributed by atoms with Crippen molar-refractivity contribution in [3.8, 4) is 6.07 Å². The molecule has 0 radical (unpaired) electrons. The van der Waals surface area contributed by atoms with Crippen molar-refractivity contribution in [1.29, 1.82) is 5.26 Å². The zero-order valence-corrected chi connectivity index (χ0v) is 10.9. The van der Waals surface area contributed by atoms with Crippen LogP contribution in [-0.4, -0.2) is 17.8 Å². The lowest BCUT2D eigenvalue weighted by Crippen LogP contribution is -2.22. The van der Waals surface area contributed by atoms with Crippen LogP contribution in [0.4, 0.5) is 10.1 Å². The van der Waals surface area contributed by atoms with Crippen molar-refractivity contribution >= 4 is 5.69 Å². The van der Waals surface area contributed by atoms with Crippen LogP contribution in [-0.2, 0) is 0 Å². The summed E-state index contributed by atoms with van der Waals surface area (Å²) >= 11 is 0. The predicted octanol–water partition coefficient (Wildman–Crippen LogP) is 3.05. The van der Waals surface area contributed by atoms with Crippen molar-refractivity contribution in [1.82, 2.24) is 0 Å². The van der Waals surface area contributed by atoms with Crippen LogP contribution in [0.15, 0.2) is 18.2 Å². The van der Waals surface area contributed by atoms with E-state index in [1.165, 1.54) is 43.9 Å². The average molecular weight is 262 g/mol. The second kappa shape index (κ2) is 6.53. The van der Waals surface area contributed by atoms with Crippen LogP contribution in [0.1, 0.15) is 37.7 Å². The van der Waals surface area contributed by atoms with Crippen LogP contribution in [0.5, 0.6) is 0 Å². The Hall–Kier alpha value is -1.60. The Morgan fingerprint density at radius 3 is 2.84 bits per heavy atom. The van der Waals surface area contributed by atoms with E-state index in [-0.39, 0.29) is 5.56 Å². The van der Waals surface area contributed by atoms with Crippen LogP contribution < -0.4 is 5.32 Å². The smallest absolute Gasteiger partial charge is 0.124 e. The van der Waals surface area contributed by atoms with E-state index in [0.29, 0.717) is 18.2 Å². The van der Waals surface area contributed by atoms with Gasteiger partial charge in [-0.05, 0) is 30.5 Å². The number of nitrogens with zero attached hydrogens (tertiary/aromatic N) is 1. The van der Waals surface area contributed by atoms with E-state index in [1.807, 2.05) is 6.07 Å². The monoisotopic (exact) mass is 262 g/mol. The minimum atomic E-state index is -0.423. The molecule has 1 atom stereocenters. The Balaban J connectivity index is 1.86. The van der Waals surface area contributed by atoms with Crippen molar-refractivity contribution in [2.24, 2.45) is 5.92 Å². The molecule has 1 saturated carbocycles. The third kappa shape index (κ3) is 3.93. The molecule has 1 aromatic rings. The Morgan fingerprint density at radius 2 is 2.16 bits per heavy atom. The molecule has 102 valence electrons. The highest BCUT2D eigenvalue weighted by molar-refractivity contribution is 5.57. The number of anilines is 1. The largest absolute Gasteiger partial charge is 0.391 e. The first-order valence-electron chi connectivity index (χ1n) is 6.80. The molecule has 0 aliphatic heterocycles. The van der Waals surface area contributed by atoms with E-state index < -0.39 is 11.9 Å². The van der Waals surface area contributed by atoms with E-state index >= 15 is 0 Å². The number of hydrogen-bond donors (Lipinski definition) is 2. The minimum Gasteiger partial charge on any atom is -0.391 e. The Labute approximate surface area is 113 Å². The van der Waals surface area contributed by atoms with Gasteiger partial charge in [0.2, 0.25) is 0 Å². The molecule has 0 amide bonds. The van der Waals surface area contributed by atoms with Gasteiger partial charge in [-0.15, -0.1) is 0 Å². The van der Waals surface area contributed by atoms with Gasteiger partial charge in [-0.25, -0.2) is 4.39 Å². The minimum absolute atomic E-state index is 0.271. The van der Waals surface area contributed by atoms with Gasteiger partial charge in [0, 0.05) is 6.54 Å². The van der Waals surface area contributed by atoms with Gasteiger partial charge < -0.3 is 10.4 Å². The molecule has 1 aliphatic carbocycles. The molecule has 0 aromatic heterocycles. The summed E-state index contributed by atoms with van der Waals surface area (Å²) in [4.78, 5) is 0. The molecule has 1 unspecified atom stereocenters. The number of hydrogen-bond acceptors (Lipinski definition) is 3. The molecular formula is C15H19FN2O. The Morgan fingerprint density at radius 1 is 1.42 bits per heavy atom. The first-order chi connectivity index (χ1) is 9.19. The van der Waals surface area contributed by atoms with Crippen molar-refractivity contribution in [3.05, 3.63) is 29.6 Å². The summed E-state index contributed by atoms with van der Waals surface area (Å²) in [5.41, 5.74) is 0.849. The van der Waals surface area contributed by atoms with Crippen LogP contribution >= 0.6 is 0 Å². The van der Waals surface area contributed by atoms with Gasteiger partial charge in [-0.3, -0.25) is 0 Å². The molecule has 3 nitrogen and oxygen atoms in total. The Bertz CT molecular complexity index is 464. The van der Waals surface area contributed by atoms with E-state index in [9.17, 15) is 9.50 Å². The standard InChI is InChI=1S/C15H19FN2O/c16-13-5-6-15(12(8-13)9-17)18-10-14(19)7-11-3-1-2-4-11/h5-6,8,11,14,18-19H,1-4,7,10H2. The molecule has 4 heteroatoms. The van der Waals surface area contributed by atoms with Gasteiger partial charge >= 0.3 is 0 Å². The molecule has 1 fully saturated rings. The summed E-state index contributed by atoms with van der Waals surface area (Å²) in [7, 11) is 0. The van der Waals surface area contributed by atoms with Gasteiger partial charge in [0.05, 0.1) is 17.4 Å². The second-order valence-electron chi connectivity index (χ2n) is 5.22. The maximum atomic E-state index is 13.0. The predicted molar refractivity (Wildman–Crippen MR) is 72.2 cm³/mol. The molecule has 2 N–H and O–H groups in total. The third-order valence-electron chi connectivity index (χ3n) is 3.71. The molecule has 19 heavy (non-hydrogen) atoms. The average Bonchev–Trinajstić information content (AvgIpc) is 2.90. The normalized spacial score (nSPS) is 17.1. The molecular weight excluding hydrogens is 243 g/mol. The van der Waals surface area contributed by atoms with Crippen molar-refractivity contribution in [2.75, 3.05) is 11.9 Å². The van der Waals surface area contributed by atoms with Gasteiger partial charge in [0.1, 0.15) is 11.9 Å². The number of aliphatic hydroxyl groups excluding tert-OH is 1. The number of nitrogens with one attached hydrogen (secondary N) is 1. The summed E-state index contributed by atoms with van der Waals surface area (Å²) in [5.74, 6) is 0.203. The summed E-state index contributed by atoms with van der Waals surface area (Å²) in [5, 5.41) is 21.9. The lowest BCUT2D eigenvalue weighted by atomic mass is 10.00. The number of halogens is 1. The van der Waals surface area contributed by atoms with Crippen molar-refractivity contribution < 1.29 is 9.50 Å². The SMILES string of the molecule is N#Cc1cc(F)ccc1NCC(O)CC1CCCC1. The molecule has 2 rings (SSSR count). The summed E-state index contributed by atoms with van der Waals surface area (Å²) in [6.07, 6.45) is 5.33. The summed E-state index contributed by atoms with van der Waals surface area (Å²) < 4.78 is 13.0. The zero-order chi connectivity index (χ0) is 13.7. The summed E-state index contributed by atoms with van der Waals surface area (Å²) in [6.45, 7) is 0.400. The topological polar surface area (TPSA) is 56.0 Å². The van der Waals surface area contributed by atoms with Gasteiger partial charge in [-0.2, -0.15) is 5.26 Å². The quantitative estimate of drug-likeness (QED) is 0.857. The first-order valence-corrected chi connectivity index (χ1v) is 6.80. The van der Waals surface area contributed by atoms with Crippen LogP contribution in [0, 0.1) is 23.1 Å². The first kappa shape index (κ1) is 13.8. The van der Waals surface area contributed by atoms with E-state index in [0.717, 1.165) is 6.42 Å². The lowest BCUT2D eigenvalue weighted by Gasteiger charge is -2.17. The maximum absolute atomic E-state index is 13.0.